The molecule has 1 heterocycles. The van der Waals surface area contributed by atoms with Crippen molar-refractivity contribution in [2.45, 2.75) is 32.5 Å². The first-order chi connectivity index (χ1) is 8.08. The maximum atomic E-state index is 9.87. The maximum absolute atomic E-state index is 9.87. The van der Waals surface area contributed by atoms with Crippen molar-refractivity contribution in [2.24, 2.45) is 5.92 Å². The Balaban J connectivity index is 2.07. The minimum Gasteiger partial charge on any atom is -0.391 e. The molecule has 1 fully saturated rings. The first kappa shape index (κ1) is 12.4. The van der Waals surface area contributed by atoms with Crippen molar-refractivity contribution < 1.29 is 10.2 Å². The first-order valence-electron chi connectivity index (χ1n) is 6.29. The predicted molar refractivity (Wildman–Crippen MR) is 69.1 cm³/mol. The van der Waals surface area contributed by atoms with Gasteiger partial charge >= 0.3 is 0 Å². The summed E-state index contributed by atoms with van der Waals surface area (Å²) in [7, 11) is 0. The van der Waals surface area contributed by atoms with Gasteiger partial charge < -0.3 is 15.1 Å². The lowest BCUT2D eigenvalue weighted by molar-refractivity contribution is 0.103. The zero-order valence-corrected chi connectivity index (χ0v) is 10.5. The van der Waals surface area contributed by atoms with E-state index < -0.39 is 6.10 Å². The number of hydrogen-bond donors (Lipinski definition) is 2. The summed E-state index contributed by atoms with van der Waals surface area (Å²) in [6, 6.07) is 7.93. The summed E-state index contributed by atoms with van der Waals surface area (Å²) in [6.07, 6.45) is 0.371. The third-order valence-corrected chi connectivity index (χ3v) is 3.66. The van der Waals surface area contributed by atoms with Gasteiger partial charge in [0.1, 0.15) is 0 Å². The number of aliphatic hydroxyl groups is 2. The van der Waals surface area contributed by atoms with Crippen LogP contribution in [0.5, 0.6) is 0 Å². The van der Waals surface area contributed by atoms with Gasteiger partial charge in [-0.1, -0.05) is 19.1 Å². The average Bonchev–Trinajstić information content (AvgIpc) is 2.33. The number of piperidine rings is 1. The molecule has 94 valence electrons. The van der Waals surface area contributed by atoms with Gasteiger partial charge in [-0.05, 0) is 37.0 Å². The van der Waals surface area contributed by atoms with E-state index in [0.717, 1.165) is 24.2 Å². The highest BCUT2D eigenvalue weighted by atomic mass is 16.3. The first-order valence-corrected chi connectivity index (χ1v) is 6.29. The Morgan fingerprint density at radius 1 is 1.29 bits per heavy atom. The Morgan fingerprint density at radius 2 is 1.94 bits per heavy atom. The van der Waals surface area contributed by atoms with Crippen LogP contribution in [-0.2, 0) is 0 Å². The summed E-state index contributed by atoms with van der Waals surface area (Å²) in [5, 5.41) is 19.3. The van der Waals surface area contributed by atoms with Crippen LogP contribution in [0.4, 0.5) is 5.69 Å². The molecule has 1 aliphatic rings. The molecule has 3 heteroatoms. The van der Waals surface area contributed by atoms with Crippen molar-refractivity contribution in [2.75, 3.05) is 18.0 Å². The lowest BCUT2D eigenvalue weighted by Crippen LogP contribution is -2.42. The van der Waals surface area contributed by atoms with Crippen molar-refractivity contribution in [3.63, 3.8) is 0 Å². The number of nitrogens with zero attached hydrogens (tertiary/aromatic N) is 1. The molecule has 0 amide bonds. The lowest BCUT2D eigenvalue weighted by Gasteiger charge is -2.35. The van der Waals surface area contributed by atoms with Crippen LogP contribution in [0.25, 0.3) is 0 Å². The molecule has 3 unspecified atom stereocenters. The van der Waals surface area contributed by atoms with Crippen molar-refractivity contribution in [3.05, 3.63) is 29.8 Å². The second-order valence-electron chi connectivity index (χ2n) is 5.05. The minimum atomic E-state index is -0.420. The summed E-state index contributed by atoms with van der Waals surface area (Å²) in [4.78, 5) is 2.20. The van der Waals surface area contributed by atoms with Gasteiger partial charge in [0.15, 0.2) is 0 Å². The lowest BCUT2D eigenvalue weighted by atomic mass is 9.95. The van der Waals surface area contributed by atoms with Gasteiger partial charge in [0, 0.05) is 18.8 Å². The fourth-order valence-corrected chi connectivity index (χ4v) is 2.25. The summed E-state index contributed by atoms with van der Waals surface area (Å²) >= 11 is 0. The molecule has 2 rings (SSSR count). The average molecular weight is 235 g/mol. The number of benzene rings is 1. The van der Waals surface area contributed by atoms with Gasteiger partial charge in [-0.15, -0.1) is 0 Å². The third kappa shape index (κ3) is 2.79. The maximum Gasteiger partial charge on any atom is 0.0761 e. The SMILES string of the molecule is CC(O)c1ccc(N2CCC(C)C(O)C2)cc1. The Morgan fingerprint density at radius 3 is 2.47 bits per heavy atom. The molecule has 2 N–H and O–H groups in total. The van der Waals surface area contributed by atoms with E-state index in [1.54, 1.807) is 6.92 Å². The zero-order valence-electron chi connectivity index (χ0n) is 10.5. The van der Waals surface area contributed by atoms with E-state index in [1.165, 1.54) is 0 Å². The van der Waals surface area contributed by atoms with Gasteiger partial charge in [0.25, 0.3) is 0 Å². The molecule has 0 aliphatic carbocycles. The number of β-amino-alcohol motifs (C(OH)–C–C–N with tert-alkyl or cyclic N) is 1. The molecular weight excluding hydrogens is 214 g/mol. The van der Waals surface area contributed by atoms with Crippen LogP contribution in [0, 0.1) is 5.92 Å². The van der Waals surface area contributed by atoms with E-state index in [2.05, 4.69) is 11.8 Å². The van der Waals surface area contributed by atoms with Gasteiger partial charge in [0.2, 0.25) is 0 Å². The van der Waals surface area contributed by atoms with Crippen molar-refractivity contribution in [3.8, 4) is 0 Å². The van der Waals surface area contributed by atoms with Crippen molar-refractivity contribution in [1.29, 1.82) is 0 Å². The van der Waals surface area contributed by atoms with E-state index in [0.29, 0.717) is 12.5 Å². The van der Waals surface area contributed by atoms with Crippen LogP contribution < -0.4 is 4.90 Å². The molecule has 1 saturated heterocycles. The third-order valence-electron chi connectivity index (χ3n) is 3.66. The molecule has 3 atom stereocenters. The second kappa shape index (κ2) is 5.07. The van der Waals surface area contributed by atoms with E-state index in [4.69, 9.17) is 0 Å². The largest absolute Gasteiger partial charge is 0.391 e. The van der Waals surface area contributed by atoms with Crippen molar-refractivity contribution in [1.82, 2.24) is 0 Å². The van der Waals surface area contributed by atoms with E-state index >= 15 is 0 Å². The number of hydrogen-bond acceptors (Lipinski definition) is 3. The topological polar surface area (TPSA) is 43.7 Å². The molecule has 1 aromatic rings. The fourth-order valence-electron chi connectivity index (χ4n) is 2.25. The van der Waals surface area contributed by atoms with E-state index in [1.807, 2.05) is 24.3 Å². The Labute approximate surface area is 103 Å². The number of anilines is 1. The van der Waals surface area contributed by atoms with Gasteiger partial charge in [-0.25, -0.2) is 0 Å². The van der Waals surface area contributed by atoms with Crippen LogP contribution in [0.15, 0.2) is 24.3 Å². The van der Waals surface area contributed by atoms with Crippen LogP contribution in [0.2, 0.25) is 0 Å². The van der Waals surface area contributed by atoms with Crippen LogP contribution >= 0.6 is 0 Å². The Kier molecular flexibility index (Phi) is 3.69. The quantitative estimate of drug-likeness (QED) is 0.823. The molecule has 17 heavy (non-hydrogen) atoms. The van der Waals surface area contributed by atoms with Gasteiger partial charge in [-0.2, -0.15) is 0 Å². The second-order valence-corrected chi connectivity index (χ2v) is 5.05. The predicted octanol–water partition coefficient (Wildman–Crippen LogP) is 1.95. The van der Waals surface area contributed by atoms with Crippen LogP contribution in [0.1, 0.15) is 31.9 Å². The van der Waals surface area contributed by atoms with Crippen LogP contribution in [-0.4, -0.2) is 29.4 Å². The van der Waals surface area contributed by atoms with Crippen LogP contribution in [0.3, 0.4) is 0 Å². The van der Waals surface area contributed by atoms with Crippen molar-refractivity contribution >= 4 is 5.69 Å². The molecule has 1 aromatic carbocycles. The standard InChI is InChI=1S/C14H21NO2/c1-10-7-8-15(9-14(10)17)13-5-3-12(4-6-13)11(2)16/h3-6,10-11,14,16-17H,7-9H2,1-2H3. The Bertz CT molecular complexity index is 361. The normalized spacial score (nSPS) is 26.9. The molecule has 0 radical (unpaired) electrons. The summed E-state index contributed by atoms with van der Waals surface area (Å²) in [5.41, 5.74) is 2.06. The van der Waals surface area contributed by atoms with E-state index in [-0.39, 0.29) is 6.10 Å². The molecule has 0 bridgehead atoms. The highest BCUT2D eigenvalue weighted by Gasteiger charge is 2.24. The minimum absolute atomic E-state index is 0.236. The molecule has 3 nitrogen and oxygen atoms in total. The molecule has 0 aromatic heterocycles. The van der Waals surface area contributed by atoms with E-state index in [9.17, 15) is 10.2 Å². The smallest absolute Gasteiger partial charge is 0.0761 e. The summed E-state index contributed by atoms with van der Waals surface area (Å²) < 4.78 is 0. The molecular formula is C14H21NO2. The fraction of sp³-hybridized carbons (Fsp3) is 0.571. The highest BCUT2D eigenvalue weighted by Crippen LogP contribution is 2.24. The summed E-state index contributed by atoms with van der Waals surface area (Å²) in [6.45, 7) is 5.56. The van der Waals surface area contributed by atoms with Gasteiger partial charge in [0.05, 0.1) is 12.2 Å². The zero-order chi connectivity index (χ0) is 12.4. The molecule has 0 spiro atoms. The molecule has 0 saturated carbocycles. The monoisotopic (exact) mass is 235 g/mol. The molecule has 1 aliphatic heterocycles. The number of rotatable bonds is 2. The summed E-state index contributed by atoms with van der Waals surface area (Å²) in [5.74, 6) is 0.392. The highest BCUT2D eigenvalue weighted by molar-refractivity contribution is 5.48. The Hall–Kier alpha value is -1.06. The number of aliphatic hydroxyl groups excluding tert-OH is 2. The van der Waals surface area contributed by atoms with Gasteiger partial charge in [-0.3, -0.25) is 0 Å².